The molecule has 5 aromatic rings. The number of hydrogen-bond acceptors (Lipinski definition) is 1. The van der Waals surface area contributed by atoms with Crippen molar-refractivity contribution in [3.8, 4) is 0 Å². The maximum atomic E-state index is 6.22. The molecule has 0 aliphatic carbocycles. The van der Waals surface area contributed by atoms with Crippen molar-refractivity contribution in [2.75, 3.05) is 11.9 Å². The van der Waals surface area contributed by atoms with Gasteiger partial charge in [-0.3, -0.25) is 0 Å². The number of likely N-dealkylation sites (N-methyl/N-ethyl adjacent to an activating group) is 1. The standard InChI is InChI=1S/C33H30ClN/c1-24(35(2)32-21-18-27-10-4-6-12-30(27)23-32)33(28-16-19-31(34)20-17-28)13-7-8-25-14-15-26-9-3-5-11-29(26)22-25/h3-12,14-24,33H,13H2,1-2H3/t24-,33-/m0/s1. The van der Waals surface area contributed by atoms with Gasteiger partial charge in [0.25, 0.3) is 0 Å². The Morgan fingerprint density at radius 1 is 0.714 bits per heavy atom. The summed E-state index contributed by atoms with van der Waals surface area (Å²) >= 11 is 6.22. The maximum absolute atomic E-state index is 6.22. The van der Waals surface area contributed by atoms with Gasteiger partial charge in [0.2, 0.25) is 0 Å². The monoisotopic (exact) mass is 475 g/mol. The lowest BCUT2D eigenvalue weighted by Gasteiger charge is -2.34. The molecule has 0 amide bonds. The number of anilines is 1. The van der Waals surface area contributed by atoms with E-state index in [1.807, 2.05) is 12.1 Å². The molecule has 0 bridgehead atoms. The van der Waals surface area contributed by atoms with Crippen LogP contribution in [-0.2, 0) is 0 Å². The molecule has 0 fully saturated rings. The second-order valence-corrected chi connectivity index (χ2v) is 9.72. The summed E-state index contributed by atoms with van der Waals surface area (Å²) in [4.78, 5) is 2.40. The molecule has 1 nitrogen and oxygen atoms in total. The summed E-state index contributed by atoms with van der Waals surface area (Å²) in [5.74, 6) is 0.320. The van der Waals surface area contributed by atoms with Crippen molar-refractivity contribution in [1.29, 1.82) is 0 Å². The Kier molecular flexibility index (Phi) is 6.88. The SMILES string of the molecule is C[C@@H]([C@H](CC=Cc1ccc2ccccc2c1)c1ccc(Cl)cc1)N(C)c1ccc2ccccc2c1. The molecule has 0 unspecified atom stereocenters. The first-order valence-electron chi connectivity index (χ1n) is 12.2. The van der Waals surface area contributed by atoms with Gasteiger partial charge in [0.15, 0.2) is 0 Å². The number of nitrogens with zero attached hydrogens (tertiary/aromatic N) is 1. The van der Waals surface area contributed by atoms with Gasteiger partial charge < -0.3 is 4.90 Å². The molecule has 2 heteroatoms. The van der Waals surface area contributed by atoms with E-state index in [0.717, 1.165) is 11.4 Å². The molecule has 0 aliphatic heterocycles. The third-order valence-electron chi connectivity index (χ3n) is 7.11. The van der Waals surface area contributed by atoms with E-state index in [1.54, 1.807) is 0 Å². The van der Waals surface area contributed by atoms with Crippen molar-refractivity contribution in [1.82, 2.24) is 0 Å². The van der Waals surface area contributed by atoms with E-state index in [1.165, 1.54) is 38.4 Å². The second kappa shape index (κ2) is 10.4. The minimum absolute atomic E-state index is 0.290. The van der Waals surface area contributed by atoms with Gasteiger partial charge in [-0.15, -0.1) is 0 Å². The quantitative estimate of drug-likeness (QED) is 0.226. The lowest BCUT2D eigenvalue weighted by Crippen LogP contribution is -2.34. The Labute approximate surface area is 213 Å². The zero-order valence-electron chi connectivity index (χ0n) is 20.2. The van der Waals surface area contributed by atoms with Crippen LogP contribution in [0.5, 0.6) is 0 Å². The van der Waals surface area contributed by atoms with Crippen molar-refractivity contribution < 1.29 is 0 Å². The van der Waals surface area contributed by atoms with E-state index in [-0.39, 0.29) is 0 Å². The van der Waals surface area contributed by atoms with Gasteiger partial charge in [0.1, 0.15) is 0 Å². The molecule has 0 saturated carbocycles. The normalized spacial score (nSPS) is 13.3. The summed E-state index contributed by atoms with van der Waals surface area (Å²) in [5.41, 5.74) is 3.76. The maximum Gasteiger partial charge on any atom is 0.0406 e. The largest absolute Gasteiger partial charge is 0.371 e. The molecule has 0 radical (unpaired) electrons. The Hall–Kier alpha value is -3.55. The van der Waals surface area contributed by atoms with Crippen LogP contribution in [-0.4, -0.2) is 13.1 Å². The summed E-state index contributed by atoms with van der Waals surface area (Å²) in [6.45, 7) is 2.32. The molecule has 5 rings (SSSR count). The molecule has 5 aromatic carbocycles. The highest BCUT2D eigenvalue weighted by molar-refractivity contribution is 6.30. The highest BCUT2D eigenvalue weighted by atomic mass is 35.5. The Balaban J connectivity index is 1.41. The molecule has 0 aliphatic rings. The highest BCUT2D eigenvalue weighted by Gasteiger charge is 2.22. The number of benzene rings is 5. The molecule has 0 aromatic heterocycles. The lowest BCUT2D eigenvalue weighted by atomic mass is 9.88. The van der Waals surface area contributed by atoms with Crippen molar-refractivity contribution >= 4 is 44.9 Å². The first-order valence-corrected chi connectivity index (χ1v) is 12.6. The topological polar surface area (TPSA) is 3.24 Å². The van der Waals surface area contributed by atoms with E-state index in [4.69, 9.17) is 11.6 Å². The summed E-state index contributed by atoms with van der Waals surface area (Å²) in [6.07, 6.45) is 5.50. The van der Waals surface area contributed by atoms with E-state index in [9.17, 15) is 0 Å². The molecule has 174 valence electrons. The van der Waals surface area contributed by atoms with Gasteiger partial charge in [-0.25, -0.2) is 0 Å². The van der Waals surface area contributed by atoms with Gasteiger partial charge in [-0.2, -0.15) is 0 Å². The third kappa shape index (κ3) is 5.26. The molecular weight excluding hydrogens is 446 g/mol. The van der Waals surface area contributed by atoms with E-state index in [2.05, 4.69) is 128 Å². The molecule has 0 N–H and O–H groups in total. The third-order valence-corrected chi connectivity index (χ3v) is 7.36. The summed E-state index contributed by atoms with van der Waals surface area (Å²) in [5, 5.41) is 5.85. The van der Waals surface area contributed by atoms with Crippen LogP contribution in [0.3, 0.4) is 0 Å². The number of hydrogen-bond donors (Lipinski definition) is 0. The first-order chi connectivity index (χ1) is 17.1. The number of allylic oxidation sites excluding steroid dienone is 1. The van der Waals surface area contributed by atoms with E-state index < -0.39 is 0 Å². The Morgan fingerprint density at radius 2 is 1.31 bits per heavy atom. The second-order valence-electron chi connectivity index (χ2n) is 9.29. The fourth-order valence-corrected chi connectivity index (χ4v) is 5.01. The van der Waals surface area contributed by atoms with Crippen molar-refractivity contribution in [3.63, 3.8) is 0 Å². The van der Waals surface area contributed by atoms with Gasteiger partial charge >= 0.3 is 0 Å². The van der Waals surface area contributed by atoms with Crippen LogP contribution in [0.1, 0.15) is 30.4 Å². The fourth-order valence-electron chi connectivity index (χ4n) is 4.88. The van der Waals surface area contributed by atoms with Crippen LogP contribution in [0.2, 0.25) is 5.02 Å². The average molecular weight is 476 g/mol. The Bertz CT molecular complexity index is 1470. The number of fused-ring (bicyclic) bond motifs is 2. The van der Waals surface area contributed by atoms with Crippen LogP contribution < -0.4 is 4.90 Å². The minimum atomic E-state index is 0.290. The Morgan fingerprint density at radius 3 is 2.00 bits per heavy atom. The summed E-state index contributed by atoms with van der Waals surface area (Å²) in [6, 6.07) is 39.0. The van der Waals surface area contributed by atoms with Gasteiger partial charge in [0, 0.05) is 29.7 Å². The van der Waals surface area contributed by atoms with Crippen molar-refractivity contribution in [2.24, 2.45) is 0 Å². The molecule has 0 spiro atoms. The molecule has 0 saturated heterocycles. The summed E-state index contributed by atoms with van der Waals surface area (Å²) in [7, 11) is 2.20. The zero-order chi connectivity index (χ0) is 24.2. The van der Waals surface area contributed by atoms with Crippen LogP contribution in [0, 0.1) is 0 Å². The van der Waals surface area contributed by atoms with Crippen LogP contribution in [0.25, 0.3) is 27.6 Å². The molecule has 35 heavy (non-hydrogen) atoms. The number of rotatable bonds is 7. The van der Waals surface area contributed by atoms with Crippen LogP contribution in [0.15, 0.2) is 115 Å². The predicted octanol–water partition coefficient (Wildman–Crippen LogP) is 9.36. The van der Waals surface area contributed by atoms with Gasteiger partial charge in [-0.1, -0.05) is 103 Å². The van der Waals surface area contributed by atoms with Crippen LogP contribution >= 0.6 is 11.6 Å². The van der Waals surface area contributed by atoms with Gasteiger partial charge in [0.05, 0.1) is 0 Å². The van der Waals surface area contributed by atoms with E-state index in [0.29, 0.717) is 12.0 Å². The number of halogens is 1. The van der Waals surface area contributed by atoms with Crippen molar-refractivity contribution in [3.05, 3.63) is 131 Å². The molecule has 0 heterocycles. The molecular formula is C33H30ClN. The predicted molar refractivity (Wildman–Crippen MR) is 154 cm³/mol. The summed E-state index contributed by atoms with van der Waals surface area (Å²) < 4.78 is 0. The fraction of sp³-hybridized carbons (Fsp3) is 0.152. The first kappa shape index (κ1) is 23.2. The zero-order valence-corrected chi connectivity index (χ0v) is 21.0. The van der Waals surface area contributed by atoms with Gasteiger partial charge in [-0.05, 0) is 76.3 Å². The highest BCUT2D eigenvalue weighted by Crippen LogP contribution is 2.32. The average Bonchev–Trinajstić information content (AvgIpc) is 2.90. The lowest BCUT2D eigenvalue weighted by molar-refractivity contribution is 0.548. The van der Waals surface area contributed by atoms with Crippen LogP contribution in [0.4, 0.5) is 5.69 Å². The smallest absolute Gasteiger partial charge is 0.0406 e. The van der Waals surface area contributed by atoms with E-state index >= 15 is 0 Å². The minimum Gasteiger partial charge on any atom is -0.371 e. The molecule has 2 atom stereocenters. The van der Waals surface area contributed by atoms with Crippen molar-refractivity contribution in [2.45, 2.75) is 25.3 Å².